The Labute approximate surface area is 99.2 Å². The topological polar surface area (TPSA) is 81.7 Å². The zero-order valence-corrected chi connectivity index (χ0v) is 10.2. The molecule has 7 nitrogen and oxygen atoms in total. The predicted molar refractivity (Wildman–Crippen MR) is 60.0 cm³/mol. The van der Waals surface area contributed by atoms with E-state index in [1.807, 2.05) is 6.20 Å². The van der Waals surface area contributed by atoms with E-state index in [0.29, 0.717) is 19.0 Å². The molecule has 7 heteroatoms. The highest BCUT2D eigenvalue weighted by molar-refractivity contribution is 4.94. The molecule has 0 aromatic carbocycles. The molecule has 0 aliphatic heterocycles. The lowest BCUT2D eigenvalue weighted by Crippen LogP contribution is -2.35. The summed E-state index contributed by atoms with van der Waals surface area (Å²) in [7, 11) is 0. The molecule has 0 atom stereocenters. The van der Waals surface area contributed by atoms with Crippen molar-refractivity contribution in [1.82, 2.24) is 30.5 Å². The van der Waals surface area contributed by atoms with Crippen molar-refractivity contribution in [2.45, 2.75) is 39.4 Å². The quantitative estimate of drug-likeness (QED) is 0.837. The van der Waals surface area contributed by atoms with Crippen LogP contribution >= 0.6 is 0 Å². The second-order valence-corrected chi connectivity index (χ2v) is 4.85. The Morgan fingerprint density at radius 2 is 2.24 bits per heavy atom. The van der Waals surface area contributed by atoms with E-state index in [1.54, 1.807) is 4.68 Å². The maximum atomic E-state index is 4.90. The standard InChI is InChI=1S/C10H16N6O/c1-10(2,3)12-4-8-5-16(15-14-8)6-9-11-7-13-17-9/h5,7,12H,4,6H2,1-3H3. The lowest BCUT2D eigenvalue weighted by molar-refractivity contribution is 0.363. The Balaban J connectivity index is 1.92. The van der Waals surface area contributed by atoms with Crippen molar-refractivity contribution in [3.63, 3.8) is 0 Å². The lowest BCUT2D eigenvalue weighted by Gasteiger charge is -2.19. The first-order valence-corrected chi connectivity index (χ1v) is 5.42. The second-order valence-electron chi connectivity index (χ2n) is 4.85. The molecule has 0 saturated carbocycles. The van der Waals surface area contributed by atoms with Crippen molar-refractivity contribution >= 4 is 0 Å². The van der Waals surface area contributed by atoms with Crippen molar-refractivity contribution in [3.05, 3.63) is 24.1 Å². The summed E-state index contributed by atoms with van der Waals surface area (Å²) in [5.41, 5.74) is 0.954. The van der Waals surface area contributed by atoms with Gasteiger partial charge in [0.15, 0.2) is 6.33 Å². The predicted octanol–water partition coefficient (Wildman–Crippen LogP) is 0.597. The monoisotopic (exact) mass is 236 g/mol. The van der Waals surface area contributed by atoms with Gasteiger partial charge in [0.2, 0.25) is 5.89 Å². The van der Waals surface area contributed by atoms with Crippen molar-refractivity contribution in [3.8, 4) is 0 Å². The molecule has 0 aliphatic rings. The van der Waals surface area contributed by atoms with Crippen LogP contribution in [0.3, 0.4) is 0 Å². The molecule has 0 fully saturated rings. The summed E-state index contributed by atoms with van der Waals surface area (Å²) >= 11 is 0. The van der Waals surface area contributed by atoms with Gasteiger partial charge in [-0.2, -0.15) is 4.98 Å². The van der Waals surface area contributed by atoms with Gasteiger partial charge in [0.1, 0.15) is 6.54 Å². The molecule has 2 aromatic rings. The Kier molecular flexibility index (Phi) is 3.19. The maximum Gasteiger partial charge on any atom is 0.248 e. The average Bonchev–Trinajstić information content (AvgIpc) is 2.86. The van der Waals surface area contributed by atoms with Crippen molar-refractivity contribution in [1.29, 1.82) is 0 Å². The zero-order valence-electron chi connectivity index (χ0n) is 10.2. The molecule has 0 bridgehead atoms. The highest BCUT2D eigenvalue weighted by Gasteiger charge is 2.10. The third-order valence-corrected chi connectivity index (χ3v) is 2.09. The number of nitrogens with one attached hydrogen (secondary N) is 1. The molecule has 2 aromatic heterocycles. The highest BCUT2D eigenvalue weighted by atomic mass is 16.5. The van der Waals surface area contributed by atoms with Gasteiger partial charge in [-0.25, -0.2) is 4.68 Å². The van der Waals surface area contributed by atoms with E-state index in [4.69, 9.17) is 4.52 Å². The fraction of sp³-hybridized carbons (Fsp3) is 0.600. The van der Waals surface area contributed by atoms with Crippen molar-refractivity contribution in [2.24, 2.45) is 0 Å². The van der Waals surface area contributed by atoms with Crippen LogP contribution in [0.2, 0.25) is 0 Å². The normalized spacial score (nSPS) is 11.9. The summed E-state index contributed by atoms with van der Waals surface area (Å²) in [6.07, 6.45) is 3.23. The minimum absolute atomic E-state index is 0.0657. The molecule has 17 heavy (non-hydrogen) atoms. The van der Waals surface area contributed by atoms with Gasteiger partial charge >= 0.3 is 0 Å². The first-order valence-electron chi connectivity index (χ1n) is 5.42. The Morgan fingerprint density at radius 3 is 2.88 bits per heavy atom. The number of aromatic nitrogens is 5. The fourth-order valence-electron chi connectivity index (χ4n) is 1.26. The molecule has 0 amide bonds. The van der Waals surface area contributed by atoms with Gasteiger partial charge in [0.05, 0.1) is 11.9 Å². The van der Waals surface area contributed by atoms with Crippen LogP contribution in [0, 0.1) is 0 Å². The van der Waals surface area contributed by atoms with E-state index in [2.05, 4.69) is 46.5 Å². The van der Waals surface area contributed by atoms with Crippen LogP contribution in [0.5, 0.6) is 0 Å². The first kappa shape index (κ1) is 11.7. The molecule has 92 valence electrons. The van der Waals surface area contributed by atoms with Gasteiger partial charge in [-0.05, 0) is 20.8 Å². The molecule has 2 heterocycles. The number of hydrogen-bond donors (Lipinski definition) is 1. The van der Waals surface area contributed by atoms with E-state index in [-0.39, 0.29) is 5.54 Å². The smallest absolute Gasteiger partial charge is 0.248 e. The zero-order chi connectivity index (χ0) is 12.3. The number of hydrogen-bond acceptors (Lipinski definition) is 6. The molecule has 0 saturated heterocycles. The van der Waals surface area contributed by atoms with Crippen molar-refractivity contribution < 1.29 is 4.52 Å². The fourth-order valence-corrected chi connectivity index (χ4v) is 1.26. The molecule has 0 unspecified atom stereocenters. The van der Waals surface area contributed by atoms with E-state index in [9.17, 15) is 0 Å². The lowest BCUT2D eigenvalue weighted by atomic mass is 10.1. The summed E-state index contributed by atoms with van der Waals surface area (Å²) in [4.78, 5) is 3.92. The Hall–Kier alpha value is -1.76. The van der Waals surface area contributed by atoms with Crippen LogP contribution in [0.4, 0.5) is 0 Å². The van der Waals surface area contributed by atoms with Gasteiger partial charge in [-0.15, -0.1) is 5.10 Å². The van der Waals surface area contributed by atoms with Crippen molar-refractivity contribution in [2.75, 3.05) is 0 Å². The maximum absolute atomic E-state index is 4.90. The third-order valence-electron chi connectivity index (χ3n) is 2.09. The molecule has 2 rings (SSSR count). The Morgan fingerprint density at radius 1 is 1.41 bits per heavy atom. The highest BCUT2D eigenvalue weighted by Crippen LogP contribution is 2.02. The SMILES string of the molecule is CC(C)(C)NCc1cn(Cc2ncno2)nn1. The van der Waals surface area contributed by atoms with Crippen LogP contribution in [-0.2, 0) is 13.1 Å². The van der Waals surface area contributed by atoms with E-state index in [0.717, 1.165) is 5.69 Å². The molecule has 1 N–H and O–H groups in total. The minimum Gasteiger partial charge on any atom is -0.338 e. The van der Waals surface area contributed by atoms with Crippen LogP contribution in [0.25, 0.3) is 0 Å². The summed E-state index contributed by atoms with van der Waals surface area (Å²) in [5, 5.41) is 14.9. The van der Waals surface area contributed by atoms with Gasteiger partial charge in [0.25, 0.3) is 0 Å². The van der Waals surface area contributed by atoms with Gasteiger partial charge in [-0.1, -0.05) is 10.4 Å². The van der Waals surface area contributed by atoms with Gasteiger partial charge in [-0.3, -0.25) is 0 Å². The van der Waals surface area contributed by atoms with E-state index in [1.165, 1.54) is 6.33 Å². The molecule has 0 aliphatic carbocycles. The minimum atomic E-state index is 0.0657. The summed E-state index contributed by atoms with van der Waals surface area (Å²) in [6.45, 7) is 7.46. The molecule has 0 radical (unpaired) electrons. The van der Waals surface area contributed by atoms with Gasteiger partial charge in [0, 0.05) is 12.1 Å². The second kappa shape index (κ2) is 4.62. The molecule has 0 spiro atoms. The van der Waals surface area contributed by atoms with Crippen LogP contribution in [-0.4, -0.2) is 30.7 Å². The van der Waals surface area contributed by atoms with Crippen LogP contribution in [0.15, 0.2) is 17.0 Å². The van der Waals surface area contributed by atoms with Crippen LogP contribution < -0.4 is 5.32 Å². The summed E-state index contributed by atoms with van der Waals surface area (Å²) < 4.78 is 6.57. The average molecular weight is 236 g/mol. The Bertz CT molecular complexity index is 455. The molecular weight excluding hydrogens is 220 g/mol. The van der Waals surface area contributed by atoms with E-state index < -0.39 is 0 Å². The largest absolute Gasteiger partial charge is 0.338 e. The van der Waals surface area contributed by atoms with Gasteiger partial charge < -0.3 is 9.84 Å². The summed E-state index contributed by atoms with van der Waals surface area (Å²) in [5.74, 6) is 0.519. The van der Waals surface area contributed by atoms with Crippen LogP contribution in [0.1, 0.15) is 32.4 Å². The van der Waals surface area contributed by atoms with E-state index >= 15 is 0 Å². The number of nitrogens with zero attached hydrogens (tertiary/aromatic N) is 5. The third kappa shape index (κ3) is 3.63. The molecular formula is C10H16N6O. The summed E-state index contributed by atoms with van der Waals surface area (Å²) in [6, 6.07) is 0. The first-order chi connectivity index (χ1) is 8.03. The number of rotatable bonds is 4.